The van der Waals surface area contributed by atoms with E-state index in [4.69, 9.17) is 4.74 Å². The molecule has 1 saturated heterocycles. The molecule has 0 radical (unpaired) electrons. The minimum absolute atomic E-state index is 0.610. The van der Waals surface area contributed by atoms with Crippen LogP contribution >= 0.6 is 0 Å². The smallest absolute Gasteiger partial charge is 0.0622 e. The molecular weight excluding hydrogens is 138 g/mol. The maximum Gasteiger partial charge on any atom is 0.0622 e. The summed E-state index contributed by atoms with van der Waals surface area (Å²) >= 11 is 0. The zero-order valence-electron chi connectivity index (χ0n) is 7.60. The predicted octanol–water partition coefficient (Wildman–Crippen LogP) is 1.41. The fourth-order valence-electron chi connectivity index (χ4n) is 1.75. The standard InChI is InChI=1S/C9H19NO/c1-3-8(4-2)9-7-11-6-5-10-9/h8-10H,3-7H2,1-2H3. The quantitative estimate of drug-likeness (QED) is 0.669. The van der Waals surface area contributed by atoms with Crippen LogP contribution in [0.25, 0.3) is 0 Å². The third-order valence-electron chi connectivity index (χ3n) is 2.57. The lowest BCUT2D eigenvalue weighted by Gasteiger charge is -2.29. The van der Waals surface area contributed by atoms with Crippen molar-refractivity contribution in [3.05, 3.63) is 0 Å². The van der Waals surface area contributed by atoms with Crippen molar-refractivity contribution in [1.82, 2.24) is 5.32 Å². The Morgan fingerprint density at radius 3 is 2.64 bits per heavy atom. The van der Waals surface area contributed by atoms with E-state index in [-0.39, 0.29) is 0 Å². The first-order chi connectivity index (χ1) is 5.38. The lowest BCUT2D eigenvalue weighted by Crippen LogP contribution is -2.45. The lowest BCUT2D eigenvalue weighted by atomic mass is 9.94. The molecule has 1 fully saturated rings. The van der Waals surface area contributed by atoms with Crippen molar-refractivity contribution in [2.24, 2.45) is 5.92 Å². The maximum absolute atomic E-state index is 5.40. The molecule has 0 saturated carbocycles. The summed E-state index contributed by atoms with van der Waals surface area (Å²) in [4.78, 5) is 0. The van der Waals surface area contributed by atoms with Crippen LogP contribution in [0.2, 0.25) is 0 Å². The summed E-state index contributed by atoms with van der Waals surface area (Å²) in [5.74, 6) is 0.801. The molecule has 0 bridgehead atoms. The van der Waals surface area contributed by atoms with Gasteiger partial charge in [-0.25, -0.2) is 0 Å². The van der Waals surface area contributed by atoms with Crippen LogP contribution < -0.4 is 5.32 Å². The Morgan fingerprint density at radius 1 is 1.45 bits per heavy atom. The summed E-state index contributed by atoms with van der Waals surface area (Å²) in [5.41, 5.74) is 0. The molecule has 1 aliphatic rings. The molecule has 0 spiro atoms. The number of morpholine rings is 1. The van der Waals surface area contributed by atoms with E-state index < -0.39 is 0 Å². The molecule has 2 heteroatoms. The minimum atomic E-state index is 0.610. The van der Waals surface area contributed by atoms with Gasteiger partial charge in [0.15, 0.2) is 0 Å². The molecular formula is C9H19NO. The molecule has 0 amide bonds. The maximum atomic E-state index is 5.40. The largest absolute Gasteiger partial charge is 0.379 e. The highest BCUT2D eigenvalue weighted by molar-refractivity contribution is 4.76. The van der Waals surface area contributed by atoms with Crippen LogP contribution in [0.4, 0.5) is 0 Å². The molecule has 1 N–H and O–H groups in total. The molecule has 0 aliphatic carbocycles. The van der Waals surface area contributed by atoms with Crippen LogP contribution in [0.15, 0.2) is 0 Å². The second-order valence-corrected chi connectivity index (χ2v) is 3.21. The summed E-state index contributed by atoms with van der Waals surface area (Å²) < 4.78 is 5.40. The normalized spacial score (nSPS) is 25.9. The van der Waals surface area contributed by atoms with Crippen LogP contribution in [0.5, 0.6) is 0 Å². The van der Waals surface area contributed by atoms with E-state index in [2.05, 4.69) is 19.2 Å². The number of hydrogen-bond donors (Lipinski definition) is 1. The van der Waals surface area contributed by atoms with Gasteiger partial charge in [0, 0.05) is 12.6 Å². The second-order valence-electron chi connectivity index (χ2n) is 3.21. The van der Waals surface area contributed by atoms with E-state index in [1.54, 1.807) is 0 Å². The number of nitrogens with one attached hydrogen (secondary N) is 1. The van der Waals surface area contributed by atoms with Gasteiger partial charge in [-0.05, 0) is 5.92 Å². The number of hydrogen-bond acceptors (Lipinski definition) is 2. The van der Waals surface area contributed by atoms with E-state index in [9.17, 15) is 0 Å². The Hall–Kier alpha value is -0.0800. The van der Waals surface area contributed by atoms with Crippen LogP contribution in [0.3, 0.4) is 0 Å². The SMILES string of the molecule is CCC(CC)C1COCCN1. The highest BCUT2D eigenvalue weighted by Crippen LogP contribution is 2.14. The van der Waals surface area contributed by atoms with E-state index in [0.717, 1.165) is 25.7 Å². The van der Waals surface area contributed by atoms with Gasteiger partial charge in [-0.2, -0.15) is 0 Å². The predicted molar refractivity (Wildman–Crippen MR) is 46.7 cm³/mol. The van der Waals surface area contributed by atoms with Gasteiger partial charge in [-0.3, -0.25) is 0 Å². The summed E-state index contributed by atoms with van der Waals surface area (Å²) in [6.45, 7) is 7.33. The van der Waals surface area contributed by atoms with Crippen molar-refractivity contribution in [3.8, 4) is 0 Å². The van der Waals surface area contributed by atoms with Gasteiger partial charge in [-0.15, -0.1) is 0 Å². The first kappa shape index (κ1) is 9.01. The van der Waals surface area contributed by atoms with Crippen molar-refractivity contribution in [2.75, 3.05) is 19.8 Å². The summed E-state index contributed by atoms with van der Waals surface area (Å²) in [7, 11) is 0. The molecule has 66 valence electrons. The van der Waals surface area contributed by atoms with E-state index in [0.29, 0.717) is 6.04 Å². The molecule has 1 rings (SSSR count). The topological polar surface area (TPSA) is 21.3 Å². The summed E-state index contributed by atoms with van der Waals surface area (Å²) in [5, 5.41) is 3.50. The lowest BCUT2D eigenvalue weighted by molar-refractivity contribution is 0.0549. The van der Waals surface area contributed by atoms with Crippen LogP contribution in [-0.2, 0) is 4.74 Å². The van der Waals surface area contributed by atoms with Crippen LogP contribution in [0.1, 0.15) is 26.7 Å². The average Bonchev–Trinajstić information content (AvgIpc) is 2.09. The van der Waals surface area contributed by atoms with Crippen molar-refractivity contribution in [1.29, 1.82) is 0 Å². The fraction of sp³-hybridized carbons (Fsp3) is 1.00. The second kappa shape index (κ2) is 4.73. The van der Waals surface area contributed by atoms with Gasteiger partial charge in [-0.1, -0.05) is 26.7 Å². The molecule has 11 heavy (non-hydrogen) atoms. The van der Waals surface area contributed by atoms with Crippen LogP contribution in [-0.4, -0.2) is 25.8 Å². The summed E-state index contributed by atoms with van der Waals surface area (Å²) in [6, 6.07) is 0.610. The molecule has 0 aromatic heterocycles. The Labute approximate surface area is 69.3 Å². The van der Waals surface area contributed by atoms with E-state index in [1.165, 1.54) is 12.8 Å². The average molecular weight is 157 g/mol. The highest BCUT2D eigenvalue weighted by Gasteiger charge is 2.20. The monoisotopic (exact) mass is 157 g/mol. The van der Waals surface area contributed by atoms with E-state index >= 15 is 0 Å². The zero-order chi connectivity index (χ0) is 8.10. The molecule has 1 aliphatic heterocycles. The van der Waals surface area contributed by atoms with Crippen molar-refractivity contribution in [2.45, 2.75) is 32.7 Å². The third kappa shape index (κ3) is 2.46. The van der Waals surface area contributed by atoms with Gasteiger partial charge < -0.3 is 10.1 Å². The van der Waals surface area contributed by atoms with Gasteiger partial charge in [0.25, 0.3) is 0 Å². The molecule has 1 heterocycles. The van der Waals surface area contributed by atoms with Crippen LogP contribution in [0, 0.1) is 5.92 Å². The molecule has 2 nitrogen and oxygen atoms in total. The fourth-order valence-corrected chi connectivity index (χ4v) is 1.75. The number of ether oxygens (including phenoxy) is 1. The van der Waals surface area contributed by atoms with Gasteiger partial charge >= 0.3 is 0 Å². The van der Waals surface area contributed by atoms with Gasteiger partial charge in [0.1, 0.15) is 0 Å². The Bertz CT molecular complexity index is 95.7. The molecule has 0 aromatic rings. The first-order valence-corrected chi connectivity index (χ1v) is 4.69. The Balaban J connectivity index is 2.30. The first-order valence-electron chi connectivity index (χ1n) is 4.69. The third-order valence-corrected chi connectivity index (χ3v) is 2.57. The number of rotatable bonds is 3. The summed E-state index contributed by atoms with van der Waals surface area (Å²) in [6.07, 6.45) is 2.52. The highest BCUT2D eigenvalue weighted by atomic mass is 16.5. The van der Waals surface area contributed by atoms with Crippen molar-refractivity contribution >= 4 is 0 Å². The Morgan fingerprint density at radius 2 is 2.18 bits per heavy atom. The molecule has 1 unspecified atom stereocenters. The molecule has 1 atom stereocenters. The van der Waals surface area contributed by atoms with Gasteiger partial charge in [0.2, 0.25) is 0 Å². The zero-order valence-corrected chi connectivity index (χ0v) is 7.60. The van der Waals surface area contributed by atoms with Crippen molar-refractivity contribution < 1.29 is 4.74 Å². The Kier molecular flexibility index (Phi) is 3.87. The van der Waals surface area contributed by atoms with Gasteiger partial charge in [0.05, 0.1) is 13.2 Å². The van der Waals surface area contributed by atoms with E-state index in [1.807, 2.05) is 0 Å². The minimum Gasteiger partial charge on any atom is -0.379 e. The molecule has 0 aromatic carbocycles. The van der Waals surface area contributed by atoms with Crippen molar-refractivity contribution in [3.63, 3.8) is 0 Å².